The van der Waals surface area contributed by atoms with Gasteiger partial charge in [0.15, 0.2) is 0 Å². The second-order valence-corrected chi connectivity index (χ2v) is 3.09. The molecule has 1 aromatic carbocycles. The van der Waals surface area contributed by atoms with E-state index in [2.05, 4.69) is 0 Å². The number of carbonyl (C=O) groups is 1. The van der Waals surface area contributed by atoms with Crippen molar-refractivity contribution in [3.8, 4) is 0 Å². The summed E-state index contributed by atoms with van der Waals surface area (Å²) in [5.41, 5.74) is 6.34. The lowest BCUT2D eigenvalue weighted by molar-refractivity contribution is -0.139. The van der Waals surface area contributed by atoms with Gasteiger partial charge in [-0.3, -0.25) is 4.79 Å². The van der Waals surface area contributed by atoms with E-state index in [1.807, 2.05) is 18.2 Å². The van der Waals surface area contributed by atoms with Crippen LogP contribution in [0, 0.1) is 0 Å². The summed E-state index contributed by atoms with van der Waals surface area (Å²) in [6.07, 6.45) is 0. The summed E-state index contributed by atoms with van der Waals surface area (Å²) in [6, 6.07) is 8.66. The number of benzene rings is 1. The van der Waals surface area contributed by atoms with E-state index in [9.17, 15) is 4.79 Å². The van der Waals surface area contributed by atoms with Gasteiger partial charge in [-0.1, -0.05) is 30.3 Å². The zero-order valence-electron chi connectivity index (χ0n) is 7.47. The summed E-state index contributed by atoms with van der Waals surface area (Å²) >= 11 is 0. The summed E-state index contributed by atoms with van der Waals surface area (Å²) in [4.78, 5) is 10.9. The maximum absolute atomic E-state index is 10.9. The number of hydrogen-bond donors (Lipinski definition) is 2. The highest BCUT2D eigenvalue weighted by Crippen LogP contribution is 2.18. The number of rotatable bonds is 3. The normalized spacial score (nSPS) is 14.9. The first-order valence-electron chi connectivity index (χ1n) is 4.16. The van der Waals surface area contributed by atoms with Crippen molar-refractivity contribution in [2.24, 2.45) is 5.73 Å². The van der Waals surface area contributed by atoms with Gasteiger partial charge in [-0.2, -0.15) is 0 Å². The number of hydrogen-bond acceptors (Lipinski definition) is 2. The Bertz CT molecular complexity index is 282. The molecule has 0 heterocycles. The summed E-state index contributed by atoms with van der Waals surface area (Å²) in [6.45, 7) is 1.70. The SMILES string of the molecule is CC(N)C(C(=O)O)c1ccccc1. The van der Waals surface area contributed by atoms with E-state index in [-0.39, 0.29) is 6.04 Å². The van der Waals surface area contributed by atoms with Gasteiger partial charge < -0.3 is 10.8 Å². The van der Waals surface area contributed by atoms with Crippen LogP contribution in [0.2, 0.25) is 0 Å². The highest BCUT2D eigenvalue weighted by atomic mass is 16.4. The molecule has 0 aromatic heterocycles. The fourth-order valence-electron chi connectivity index (χ4n) is 1.33. The van der Waals surface area contributed by atoms with Crippen LogP contribution >= 0.6 is 0 Å². The molecular formula is C10H13NO2. The molecule has 1 rings (SSSR count). The van der Waals surface area contributed by atoms with Crippen molar-refractivity contribution in [3.05, 3.63) is 35.9 Å². The molecule has 3 N–H and O–H groups in total. The average molecular weight is 179 g/mol. The molecule has 0 spiro atoms. The molecule has 2 unspecified atom stereocenters. The van der Waals surface area contributed by atoms with Gasteiger partial charge >= 0.3 is 5.97 Å². The molecule has 0 fully saturated rings. The molecular weight excluding hydrogens is 166 g/mol. The molecule has 0 aliphatic rings. The number of carboxylic acids is 1. The Morgan fingerprint density at radius 1 is 1.38 bits per heavy atom. The molecule has 0 aliphatic carbocycles. The second-order valence-electron chi connectivity index (χ2n) is 3.09. The summed E-state index contributed by atoms with van der Waals surface area (Å²) in [5, 5.41) is 8.92. The lowest BCUT2D eigenvalue weighted by Crippen LogP contribution is -2.30. The van der Waals surface area contributed by atoms with Gasteiger partial charge in [0, 0.05) is 6.04 Å². The van der Waals surface area contributed by atoms with Crippen molar-refractivity contribution in [3.63, 3.8) is 0 Å². The zero-order chi connectivity index (χ0) is 9.84. The molecule has 0 saturated carbocycles. The molecule has 0 saturated heterocycles. The Hall–Kier alpha value is -1.35. The van der Waals surface area contributed by atoms with Gasteiger partial charge in [0.25, 0.3) is 0 Å². The first-order valence-corrected chi connectivity index (χ1v) is 4.16. The summed E-state index contributed by atoms with van der Waals surface area (Å²) in [7, 11) is 0. The fourth-order valence-corrected chi connectivity index (χ4v) is 1.33. The second kappa shape index (κ2) is 4.05. The third-order valence-electron chi connectivity index (χ3n) is 1.95. The van der Waals surface area contributed by atoms with Crippen LogP contribution in [0.15, 0.2) is 30.3 Å². The standard InChI is InChI=1S/C10H13NO2/c1-7(11)9(10(12)13)8-5-3-2-4-6-8/h2-7,9H,11H2,1H3,(H,12,13). The third-order valence-corrected chi connectivity index (χ3v) is 1.95. The van der Waals surface area contributed by atoms with Crippen molar-refractivity contribution >= 4 is 5.97 Å². The molecule has 3 heteroatoms. The van der Waals surface area contributed by atoms with Crippen LogP contribution in [0.5, 0.6) is 0 Å². The molecule has 3 nitrogen and oxygen atoms in total. The first kappa shape index (κ1) is 9.74. The lowest BCUT2D eigenvalue weighted by atomic mass is 9.93. The van der Waals surface area contributed by atoms with E-state index in [1.54, 1.807) is 19.1 Å². The number of aliphatic carboxylic acids is 1. The topological polar surface area (TPSA) is 63.3 Å². The molecule has 13 heavy (non-hydrogen) atoms. The minimum Gasteiger partial charge on any atom is -0.481 e. The molecule has 0 amide bonds. The van der Waals surface area contributed by atoms with Crippen molar-refractivity contribution in [1.29, 1.82) is 0 Å². The predicted molar refractivity (Wildman–Crippen MR) is 50.5 cm³/mol. The predicted octanol–water partition coefficient (Wildman–Crippen LogP) is 1.20. The fraction of sp³-hybridized carbons (Fsp3) is 0.300. The van der Waals surface area contributed by atoms with Gasteiger partial charge in [0.2, 0.25) is 0 Å². The Kier molecular flexibility index (Phi) is 3.03. The monoisotopic (exact) mass is 179 g/mol. The summed E-state index contributed by atoms with van der Waals surface area (Å²) < 4.78 is 0. The van der Waals surface area contributed by atoms with Crippen LogP contribution in [0.25, 0.3) is 0 Å². The Morgan fingerprint density at radius 3 is 2.31 bits per heavy atom. The van der Waals surface area contributed by atoms with Crippen molar-refractivity contribution in [2.75, 3.05) is 0 Å². The van der Waals surface area contributed by atoms with Gasteiger partial charge in [0.1, 0.15) is 0 Å². The molecule has 0 bridgehead atoms. The smallest absolute Gasteiger partial charge is 0.312 e. The lowest BCUT2D eigenvalue weighted by Gasteiger charge is -2.15. The number of carboxylic acid groups (broad SMARTS) is 1. The van der Waals surface area contributed by atoms with Gasteiger partial charge in [0.05, 0.1) is 5.92 Å². The largest absolute Gasteiger partial charge is 0.481 e. The minimum absolute atomic E-state index is 0.375. The molecule has 70 valence electrons. The van der Waals surface area contributed by atoms with Crippen molar-refractivity contribution in [2.45, 2.75) is 18.9 Å². The van der Waals surface area contributed by atoms with Crippen molar-refractivity contribution < 1.29 is 9.90 Å². The van der Waals surface area contributed by atoms with Crippen LogP contribution < -0.4 is 5.73 Å². The zero-order valence-corrected chi connectivity index (χ0v) is 7.47. The van der Waals surface area contributed by atoms with E-state index >= 15 is 0 Å². The quantitative estimate of drug-likeness (QED) is 0.732. The van der Waals surface area contributed by atoms with Gasteiger partial charge in [-0.05, 0) is 12.5 Å². The van der Waals surface area contributed by atoms with Crippen LogP contribution in [-0.2, 0) is 4.79 Å². The van der Waals surface area contributed by atoms with Crippen LogP contribution in [0.4, 0.5) is 0 Å². The van der Waals surface area contributed by atoms with Gasteiger partial charge in [-0.25, -0.2) is 0 Å². The summed E-state index contributed by atoms with van der Waals surface area (Å²) in [5.74, 6) is -1.48. The Labute approximate surface area is 77.2 Å². The Balaban J connectivity index is 2.96. The third kappa shape index (κ3) is 2.29. The molecule has 0 radical (unpaired) electrons. The van der Waals surface area contributed by atoms with Crippen LogP contribution in [0.1, 0.15) is 18.4 Å². The number of nitrogens with two attached hydrogens (primary N) is 1. The minimum atomic E-state index is -0.874. The highest BCUT2D eigenvalue weighted by Gasteiger charge is 2.23. The van der Waals surface area contributed by atoms with Crippen LogP contribution in [-0.4, -0.2) is 17.1 Å². The van der Waals surface area contributed by atoms with E-state index in [0.29, 0.717) is 0 Å². The average Bonchev–Trinajstić information content (AvgIpc) is 2.04. The Morgan fingerprint density at radius 2 is 1.92 bits per heavy atom. The van der Waals surface area contributed by atoms with E-state index in [1.165, 1.54) is 0 Å². The van der Waals surface area contributed by atoms with E-state index < -0.39 is 11.9 Å². The van der Waals surface area contributed by atoms with Crippen LogP contribution in [0.3, 0.4) is 0 Å². The maximum atomic E-state index is 10.9. The van der Waals surface area contributed by atoms with Gasteiger partial charge in [-0.15, -0.1) is 0 Å². The maximum Gasteiger partial charge on any atom is 0.312 e. The molecule has 1 aromatic rings. The van der Waals surface area contributed by atoms with E-state index in [4.69, 9.17) is 10.8 Å². The molecule has 2 atom stereocenters. The molecule has 0 aliphatic heterocycles. The van der Waals surface area contributed by atoms with E-state index in [0.717, 1.165) is 5.56 Å². The highest BCUT2D eigenvalue weighted by molar-refractivity contribution is 5.76. The van der Waals surface area contributed by atoms with Crippen molar-refractivity contribution in [1.82, 2.24) is 0 Å². The first-order chi connectivity index (χ1) is 6.13.